The third-order valence-corrected chi connectivity index (χ3v) is 8.32. The van der Waals surface area contributed by atoms with Crippen molar-refractivity contribution in [1.82, 2.24) is 19.9 Å². The average molecular weight is 626 g/mol. The van der Waals surface area contributed by atoms with E-state index in [1.165, 1.54) is 11.1 Å². The van der Waals surface area contributed by atoms with Gasteiger partial charge in [-0.2, -0.15) is 0 Å². The largest absolute Gasteiger partial charge is 0.304 e. The summed E-state index contributed by atoms with van der Waals surface area (Å²) in [4.78, 5) is 18.1. The molecule has 0 aliphatic heterocycles. The Morgan fingerprint density at radius 3 is 2.00 bits per heavy atom. The molecule has 34 heavy (non-hydrogen) atoms. The summed E-state index contributed by atoms with van der Waals surface area (Å²) in [5.41, 5.74) is 6.77. The molecule has 0 amide bonds. The maximum atomic E-state index is 4.74. The van der Waals surface area contributed by atoms with Crippen LogP contribution in [0.25, 0.3) is 34.0 Å². The van der Waals surface area contributed by atoms with Crippen LogP contribution in [0.2, 0.25) is 0 Å². The molecule has 0 fully saturated rings. The van der Waals surface area contributed by atoms with Gasteiger partial charge in [-0.15, -0.1) is 34.9 Å². The Hall–Kier alpha value is -2.75. The first kappa shape index (κ1) is 24.4. The molecular weight excluding hydrogens is 597 g/mol. The number of hydrogen-bond donors (Lipinski definition) is 0. The topological polar surface area (TPSA) is 51.6 Å². The molecule has 4 nitrogen and oxygen atoms in total. The third kappa shape index (κ3) is 3.62. The van der Waals surface area contributed by atoms with Crippen LogP contribution < -0.4 is 0 Å². The number of rotatable bonds is 3. The van der Waals surface area contributed by atoms with Crippen LogP contribution in [0, 0.1) is 11.5 Å². The molecule has 5 heteroatoms. The fourth-order valence-electron chi connectivity index (χ4n) is 4.98. The van der Waals surface area contributed by atoms with Gasteiger partial charge in [0.2, 0.25) is 0 Å². The van der Waals surface area contributed by atoms with Crippen LogP contribution in [-0.2, 0) is 30.9 Å². The van der Waals surface area contributed by atoms with E-state index in [1.54, 1.807) is 6.33 Å². The second kappa shape index (κ2) is 8.48. The smallest absolute Gasteiger partial charge is 0.164 e. The number of hydrogen-bond acceptors (Lipinski definition) is 4. The van der Waals surface area contributed by atoms with Crippen LogP contribution in [-0.4, -0.2) is 19.9 Å². The Balaban J connectivity index is 0.00000274. The van der Waals surface area contributed by atoms with Crippen molar-refractivity contribution in [3.8, 4) is 34.0 Å². The van der Waals surface area contributed by atoms with Crippen LogP contribution in [0.15, 0.2) is 67.1 Å². The molecule has 0 saturated carbocycles. The average Bonchev–Trinajstić information content (AvgIpc) is 2.94. The molecular formula is C29H29IrN4-. The summed E-state index contributed by atoms with van der Waals surface area (Å²) in [6, 6.07) is 21.9. The van der Waals surface area contributed by atoms with Crippen molar-refractivity contribution in [1.29, 1.82) is 0 Å². The molecule has 1 aliphatic rings. The Morgan fingerprint density at radius 1 is 0.706 bits per heavy atom. The maximum Gasteiger partial charge on any atom is 0.164 e. The van der Waals surface area contributed by atoms with E-state index in [1.807, 2.05) is 48.7 Å². The van der Waals surface area contributed by atoms with Gasteiger partial charge >= 0.3 is 0 Å². The standard InChI is InChI=1S/C29H29N4.Ir/c1-27(2)22-14-12-20(16-23(22)28(3,4)29(27,5)6)24-15-13-21(17-30-24)26-32-18-31-25(33-26)19-10-8-7-9-11-19;/h7-11,13-18H,1-6H3;/q-1;. The van der Waals surface area contributed by atoms with E-state index >= 15 is 0 Å². The molecule has 0 spiro atoms. The fraction of sp³-hybridized carbons (Fsp3) is 0.310. The maximum absolute atomic E-state index is 4.74. The van der Waals surface area contributed by atoms with Crippen LogP contribution in [0.5, 0.6) is 0 Å². The van der Waals surface area contributed by atoms with E-state index in [-0.39, 0.29) is 36.4 Å². The zero-order valence-corrected chi connectivity index (χ0v) is 22.9. The van der Waals surface area contributed by atoms with Gasteiger partial charge in [0.15, 0.2) is 11.6 Å². The van der Waals surface area contributed by atoms with E-state index < -0.39 is 0 Å². The Morgan fingerprint density at radius 2 is 1.35 bits per heavy atom. The molecule has 2 aromatic heterocycles. The SMILES string of the molecule is CC1(C)c2c[c-]c(-c3ccc(-c4ncnc(-c5ccccc5)n4)cn3)cc2C(C)(C)C1(C)C.[Ir]. The van der Waals surface area contributed by atoms with E-state index in [0.717, 1.165) is 22.4 Å². The van der Waals surface area contributed by atoms with Gasteiger partial charge in [0.25, 0.3) is 0 Å². The molecule has 0 bridgehead atoms. The zero-order chi connectivity index (χ0) is 23.4. The van der Waals surface area contributed by atoms with Crippen molar-refractivity contribution in [2.45, 2.75) is 52.4 Å². The molecule has 0 atom stereocenters. The number of pyridine rings is 1. The van der Waals surface area contributed by atoms with Gasteiger partial charge in [0.05, 0.1) is 0 Å². The quantitative estimate of drug-likeness (QED) is 0.239. The number of benzene rings is 2. The number of nitrogens with zero attached hydrogens (tertiary/aromatic N) is 4. The van der Waals surface area contributed by atoms with E-state index in [0.29, 0.717) is 11.6 Å². The molecule has 0 unspecified atom stereocenters. The predicted molar refractivity (Wildman–Crippen MR) is 133 cm³/mol. The minimum Gasteiger partial charge on any atom is -0.304 e. The van der Waals surface area contributed by atoms with E-state index in [2.05, 4.69) is 74.7 Å². The Labute approximate surface area is 215 Å². The summed E-state index contributed by atoms with van der Waals surface area (Å²) in [6.07, 6.45) is 3.39. The van der Waals surface area contributed by atoms with Crippen molar-refractivity contribution in [3.63, 3.8) is 0 Å². The summed E-state index contributed by atoms with van der Waals surface area (Å²) in [6.45, 7) is 14.1. The van der Waals surface area contributed by atoms with Crippen LogP contribution >= 0.6 is 0 Å². The van der Waals surface area contributed by atoms with Gasteiger partial charge in [-0.3, -0.25) is 0 Å². The minimum atomic E-state index is 0. The van der Waals surface area contributed by atoms with Crippen molar-refractivity contribution in [2.75, 3.05) is 0 Å². The number of fused-ring (bicyclic) bond motifs is 1. The molecule has 1 radical (unpaired) electrons. The predicted octanol–water partition coefficient (Wildman–Crippen LogP) is 6.66. The summed E-state index contributed by atoms with van der Waals surface area (Å²) in [7, 11) is 0. The van der Waals surface area contributed by atoms with Crippen LogP contribution in [0.3, 0.4) is 0 Å². The normalized spacial score (nSPS) is 17.0. The molecule has 175 valence electrons. The Bertz CT molecular complexity index is 1330. The first-order chi connectivity index (χ1) is 15.6. The van der Waals surface area contributed by atoms with Crippen molar-refractivity contribution >= 4 is 0 Å². The first-order valence-corrected chi connectivity index (χ1v) is 11.4. The van der Waals surface area contributed by atoms with Gasteiger partial charge in [0, 0.05) is 37.4 Å². The van der Waals surface area contributed by atoms with Gasteiger partial charge in [-0.25, -0.2) is 15.0 Å². The zero-order valence-electron chi connectivity index (χ0n) is 20.5. The molecule has 4 aromatic rings. The summed E-state index contributed by atoms with van der Waals surface area (Å²) >= 11 is 0. The van der Waals surface area contributed by atoms with Gasteiger partial charge < -0.3 is 4.98 Å². The van der Waals surface area contributed by atoms with Crippen molar-refractivity contribution in [2.24, 2.45) is 5.41 Å². The molecule has 0 N–H and O–H groups in total. The molecule has 2 heterocycles. The Kier molecular flexibility index (Phi) is 6.08. The second-order valence-electron chi connectivity index (χ2n) is 10.5. The van der Waals surface area contributed by atoms with E-state index in [9.17, 15) is 0 Å². The fourth-order valence-corrected chi connectivity index (χ4v) is 4.98. The van der Waals surface area contributed by atoms with Crippen LogP contribution in [0.1, 0.15) is 52.7 Å². The van der Waals surface area contributed by atoms with Gasteiger partial charge in [0.1, 0.15) is 6.33 Å². The summed E-state index contributed by atoms with van der Waals surface area (Å²) in [5, 5.41) is 0. The van der Waals surface area contributed by atoms with Crippen LogP contribution in [0.4, 0.5) is 0 Å². The first-order valence-electron chi connectivity index (χ1n) is 11.4. The second-order valence-corrected chi connectivity index (χ2v) is 10.5. The molecule has 5 rings (SSSR count). The van der Waals surface area contributed by atoms with Crippen molar-refractivity contribution < 1.29 is 20.1 Å². The number of aromatic nitrogens is 4. The van der Waals surface area contributed by atoms with Gasteiger partial charge in [-0.05, 0) is 21.9 Å². The third-order valence-electron chi connectivity index (χ3n) is 8.32. The van der Waals surface area contributed by atoms with E-state index in [4.69, 9.17) is 4.98 Å². The molecule has 1 aliphatic carbocycles. The molecule has 2 aromatic carbocycles. The van der Waals surface area contributed by atoms with Crippen molar-refractivity contribution in [3.05, 3.63) is 84.3 Å². The summed E-state index contributed by atoms with van der Waals surface area (Å²) < 4.78 is 0. The molecule has 0 saturated heterocycles. The van der Waals surface area contributed by atoms with Gasteiger partial charge in [-0.1, -0.05) is 84.0 Å². The monoisotopic (exact) mass is 626 g/mol. The summed E-state index contributed by atoms with van der Waals surface area (Å²) in [5.74, 6) is 1.27. The minimum absolute atomic E-state index is 0.